The quantitative estimate of drug-likeness (QED) is 0.620. The second-order valence-electron chi connectivity index (χ2n) is 4.82. The Kier molecular flexibility index (Phi) is 6.12. The van der Waals surface area contributed by atoms with Gasteiger partial charge in [-0.1, -0.05) is 27.2 Å². The molecule has 2 atom stereocenters. The summed E-state index contributed by atoms with van der Waals surface area (Å²) in [6.45, 7) is 5.42. The van der Waals surface area contributed by atoms with Gasteiger partial charge in [0.15, 0.2) is 0 Å². The van der Waals surface area contributed by atoms with Crippen LogP contribution < -0.4 is 5.73 Å². The highest BCUT2D eigenvalue weighted by atomic mass is 32.2. The van der Waals surface area contributed by atoms with Crippen LogP contribution in [0.15, 0.2) is 0 Å². The van der Waals surface area contributed by atoms with Crippen molar-refractivity contribution in [3.8, 4) is 0 Å². The third-order valence-corrected chi connectivity index (χ3v) is 4.91. The molecule has 0 aliphatic heterocycles. The number of hydrogen-bond acceptors (Lipinski definition) is 4. The molecule has 2 unspecified atom stereocenters. The van der Waals surface area contributed by atoms with E-state index in [1.165, 1.54) is 0 Å². The smallest absolute Gasteiger partial charge is 0.323 e. The van der Waals surface area contributed by atoms with Crippen LogP contribution in [0.5, 0.6) is 0 Å². The average Bonchev–Trinajstić information content (AvgIpc) is 2.22. The Hall–Kier alpha value is -0.620. The van der Waals surface area contributed by atoms with Gasteiger partial charge < -0.3 is 10.8 Å². The Balaban J connectivity index is 4.58. The largest absolute Gasteiger partial charge is 0.480 e. The summed E-state index contributed by atoms with van der Waals surface area (Å²) in [6.07, 6.45) is 1.70. The van der Waals surface area contributed by atoms with Crippen LogP contribution in [0.2, 0.25) is 0 Å². The van der Waals surface area contributed by atoms with E-state index >= 15 is 0 Å². The molecule has 0 aliphatic carbocycles. The molecule has 102 valence electrons. The monoisotopic (exact) mass is 264 g/mol. The summed E-state index contributed by atoms with van der Waals surface area (Å²) in [5.41, 5.74) is 4.43. The highest BCUT2D eigenvalue weighted by Gasteiger charge is 2.37. The molecular formula is C11H24N2O3S. The molecule has 5 nitrogen and oxygen atoms in total. The number of hydrogen-bond donors (Lipinski definition) is 3. The minimum Gasteiger partial charge on any atom is -0.480 e. The van der Waals surface area contributed by atoms with Crippen LogP contribution in [0.3, 0.4) is 0 Å². The number of carboxylic acids is 1. The molecule has 0 heterocycles. The fourth-order valence-electron chi connectivity index (χ4n) is 1.46. The van der Waals surface area contributed by atoms with Gasteiger partial charge in [-0.05, 0) is 18.8 Å². The van der Waals surface area contributed by atoms with Crippen molar-refractivity contribution < 1.29 is 14.1 Å². The first-order valence-electron chi connectivity index (χ1n) is 5.92. The van der Waals surface area contributed by atoms with Crippen molar-refractivity contribution in [1.82, 2.24) is 0 Å². The molecule has 0 spiro atoms. The van der Waals surface area contributed by atoms with Gasteiger partial charge in [-0.3, -0.25) is 9.57 Å². The van der Waals surface area contributed by atoms with E-state index in [4.69, 9.17) is 15.6 Å². The first kappa shape index (κ1) is 16.4. The molecule has 0 saturated heterocycles. The summed E-state index contributed by atoms with van der Waals surface area (Å²) < 4.78 is 19.5. The Morgan fingerprint density at radius 3 is 2.35 bits per heavy atom. The van der Waals surface area contributed by atoms with Crippen LogP contribution in [0.4, 0.5) is 0 Å². The summed E-state index contributed by atoms with van der Waals surface area (Å²) in [5.74, 6) is -0.940. The van der Waals surface area contributed by atoms with Crippen LogP contribution >= 0.6 is 0 Å². The Morgan fingerprint density at radius 2 is 2.00 bits per heavy atom. The van der Waals surface area contributed by atoms with Crippen LogP contribution in [0, 0.1) is 10.7 Å². The first-order valence-corrected chi connectivity index (χ1v) is 7.81. The Labute approximate surface area is 104 Å². The van der Waals surface area contributed by atoms with Crippen molar-refractivity contribution in [3.05, 3.63) is 0 Å². The van der Waals surface area contributed by atoms with E-state index in [1.807, 2.05) is 6.92 Å². The van der Waals surface area contributed by atoms with Crippen LogP contribution in [-0.4, -0.2) is 32.3 Å². The fraction of sp³-hybridized carbons (Fsp3) is 0.909. The summed E-state index contributed by atoms with van der Waals surface area (Å²) in [5, 5.41) is 9.10. The molecule has 17 heavy (non-hydrogen) atoms. The lowest BCUT2D eigenvalue weighted by molar-refractivity contribution is -0.145. The summed E-state index contributed by atoms with van der Waals surface area (Å²) in [6, 6.07) is 0. The molecule has 0 bridgehead atoms. The van der Waals surface area contributed by atoms with Gasteiger partial charge in [0.25, 0.3) is 0 Å². The summed E-state index contributed by atoms with van der Waals surface area (Å²) in [4.78, 5) is 11.1. The number of carboxylic acid groups (broad SMARTS) is 1. The highest BCUT2D eigenvalue weighted by Crippen LogP contribution is 2.20. The lowest BCUT2D eigenvalue weighted by Gasteiger charge is -2.29. The standard InChI is InChI=1S/C11H24N2O3S/c1-4-5-7-17(13,16)8-6-11(12,9(2)3)10(14)15/h9,13H,4-8,12H2,1-3H3,(H,14,15). The van der Waals surface area contributed by atoms with Gasteiger partial charge in [0.05, 0.1) is 0 Å². The number of nitrogens with one attached hydrogen (secondary N) is 1. The van der Waals surface area contributed by atoms with Crippen LogP contribution in [0.1, 0.15) is 40.0 Å². The zero-order valence-electron chi connectivity index (χ0n) is 10.9. The molecule has 0 saturated carbocycles. The number of aliphatic carboxylic acids is 1. The number of carbonyl (C=O) groups is 1. The van der Waals surface area contributed by atoms with Crippen LogP contribution in [-0.2, 0) is 14.5 Å². The molecule has 0 rings (SSSR count). The zero-order chi connectivity index (χ0) is 13.7. The van der Waals surface area contributed by atoms with E-state index in [1.54, 1.807) is 13.8 Å². The maximum atomic E-state index is 11.9. The predicted octanol–water partition coefficient (Wildman–Crippen LogP) is 1.66. The molecule has 0 aromatic carbocycles. The minimum absolute atomic E-state index is 0.0635. The fourth-order valence-corrected chi connectivity index (χ4v) is 3.08. The SMILES string of the molecule is CCCCS(=N)(=O)CCC(N)(C(=O)O)C(C)C. The van der Waals surface area contributed by atoms with Gasteiger partial charge in [-0.25, -0.2) is 4.21 Å². The van der Waals surface area contributed by atoms with Gasteiger partial charge in [0.2, 0.25) is 0 Å². The Morgan fingerprint density at radius 1 is 1.47 bits per heavy atom. The first-order chi connectivity index (χ1) is 7.65. The van der Waals surface area contributed by atoms with E-state index in [9.17, 15) is 9.00 Å². The van der Waals surface area contributed by atoms with Crippen molar-refractivity contribution in [3.63, 3.8) is 0 Å². The second-order valence-corrected chi connectivity index (χ2v) is 7.26. The van der Waals surface area contributed by atoms with E-state index < -0.39 is 21.2 Å². The van der Waals surface area contributed by atoms with Gasteiger partial charge in [-0.15, -0.1) is 0 Å². The second kappa shape index (κ2) is 6.35. The van der Waals surface area contributed by atoms with Crippen molar-refractivity contribution in [2.45, 2.75) is 45.6 Å². The molecule has 0 aliphatic rings. The Bertz CT molecular complexity index is 352. The van der Waals surface area contributed by atoms with E-state index in [0.29, 0.717) is 5.75 Å². The molecule has 0 aromatic rings. The topological polar surface area (TPSA) is 104 Å². The van der Waals surface area contributed by atoms with Gasteiger partial charge in [0, 0.05) is 21.2 Å². The van der Waals surface area contributed by atoms with Crippen molar-refractivity contribution in [2.24, 2.45) is 11.7 Å². The van der Waals surface area contributed by atoms with Gasteiger partial charge in [0.1, 0.15) is 5.54 Å². The molecular weight excluding hydrogens is 240 g/mol. The minimum atomic E-state index is -2.69. The van der Waals surface area contributed by atoms with E-state index in [-0.39, 0.29) is 18.1 Å². The number of rotatable bonds is 8. The maximum absolute atomic E-state index is 11.9. The summed E-state index contributed by atoms with van der Waals surface area (Å²) in [7, 11) is -2.69. The van der Waals surface area contributed by atoms with E-state index in [2.05, 4.69) is 0 Å². The summed E-state index contributed by atoms with van der Waals surface area (Å²) >= 11 is 0. The lowest BCUT2D eigenvalue weighted by atomic mass is 9.85. The predicted molar refractivity (Wildman–Crippen MR) is 69.5 cm³/mol. The molecule has 0 radical (unpaired) electrons. The molecule has 6 heteroatoms. The van der Waals surface area contributed by atoms with Crippen molar-refractivity contribution in [2.75, 3.05) is 11.5 Å². The third kappa shape index (κ3) is 5.04. The van der Waals surface area contributed by atoms with E-state index in [0.717, 1.165) is 12.8 Å². The average molecular weight is 264 g/mol. The number of unbranched alkanes of at least 4 members (excludes halogenated alkanes) is 1. The zero-order valence-corrected chi connectivity index (χ0v) is 11.7. The molecule has 0 amide bonds. The molecule has 0 aromatic heterocycles. The normalized spacial score (nSPS) is 18.6. The van der Waals surface area contributed by atoms with Gasteiger partial charge in [-0.2, -0.15) is 0 Å². The van der Waals surface area contributed by atoms with Gasteiger partial charge >= 0.3 is 5.97 Å². The van der Waals surface area contributed by atoms with Crippen molar-refractivity contribution in [1.29, 1.82) is 4.78 Å². The highest BCUT2D eigenvalue weighted by molar-refractivity contribution is 7.92. The van der Waals surface area contributed by atoms with Crippen LogP contribution in [0.25, 0.3) is 0 Å². The molecule has 4 N–H and O–H groups in total. The van der Waals surface area contributed by atoms with Crippen molar-refractivity contribution >= 4 is 15.7 Å². The maximum Gasteiger partial charge on any atom is 0.323 e. The third-order valence-electron chi connectivity index (χ3n) is 3.10. The lowest BCUT2D eigenvalue weighted by Crippen LogP contribution is -2.53. The number of nitrogens with two attached hydrogens (primary N) is 1. The molecule has 0 fully saturated rings.